The van der Waals surface area contributed by atoms with Crippen molar-refractivity contribution < 1.29 is 33.9 Å². The summed E-state index contributed by atoms with van der Waals surface area (Å²) in [5, 5.41) is 19.8. The van der Waals surface area contributed by atoms with E-state index in [4.69, 9.17) is 15.3 Å². The van der Waals surface area contributed by atoms with E-state index < -0.39 is 35.5 Å². The number of anilines is 1. The van der Waals surface area contributed by atoms with Gasteiger partial charge in [-0.05, 0) is 5.56 Å². The van der Waals surface area contributed by atoms with E-state index in [2.05, 4.69) is 15.5 Å². The number of carbonyl (C=O) groups excluding carboxylic acids is 3. The number of hydrogen-bond acceptors (Lipinski definition) is 11. The summed E-state index contributed by atoms with van der Waals surface area (Å²) >= 11 is 1.09. The van der Waals surface area contributed by atoms with Crippen LogP contribution in [0.4, 0.5) is 5.13 Å². The van der Waals surface area contributed by atoms with Gasteiger partial charge < -0.3 is 25.7 Å². The Morgan fingerprint density at radius 3 is 2.69 bits per heavy atom. The fraction of sp³-hybridized carbons (Fsp3) is 0.238. The zero-order valence-corrected chi connectivity index (χ0v) is 19.2. The van der Waals surface area contributed by atoms with E-state index in [-0.39, 0.29) is 41.8 Å². The van der Waals surface area contributed by atoms with E-state index in [1.165, 1.54) is 17.5 Å². The molecule has 4 N–H and O–H groups in total. The van der Waals surface area contributed by atoms with Crippen LogP contribution >= 0.6 is 11.3 Å². The summed E-state index contributed by atoms with van der Waals surface area (Å²) in [4.78, 5) is 59.1. The van der Waals surface area contributed by atoms with Crippen LogP contribution in [0.25, 0.3) is 0 Å². The van der Waals surface area contributed by atoms with Crippen LogP contribution in [-0.4, -0.2) is 75.8 Å². The Balaban J connectivity index is 1.49. The van der Waals surface area contributed by atoms with Crippen molar-refractivity contribution in [1.82, 2.24) is 20.3 Å². The number of nitrogens with one attached hydrogen (secondary N) is 1. The van der Waals surface area contributed by atoms with Gasteiger partial charge in [0.2, 0.25) is 0 Å². The molecule has 1 aromatic carbocycles. The first kappa shape index (κ1) is 23.8. The molecule has 1 aromatic heterocycles. The number of carbonyl (C=O) groups is 4. The zero-order valence-electron chi connectivity index (χ0n) is 18.3. The number of carboxylic acid groups (broad SMARTS) is 1. The number of hydrazine groups is 1. The van der Waals surface area contributed by atoms with Gasteiger partial charge in [0.15, 0.2) is 16.5 Å². The smallest absolute Gasteiger partial charge is 0.354 e. The third-order valence-electron chi connectivity index (χ3n) is 5.15. The molecule has 4 rings (SSSR count). The number of benzene rings is 1. The highest BCUT2D eigenvalue weighted by Gasteiger charge is 2.50. The number of aliphatic carboxylic acids is 1. The molecule has 3 heterocycles. The number of aromatic nitrogens is 1. The number of fused-ring (bicyclic) bond motifs is 1. The van der Waals surface area contributed by atoms with E-state index in [1.54, 1.807) is 24.3 Å². The number of carboxylic acids is 1. The molecule has 2 aromatic rings. The van der Waals surface area contributed by atoms with Gasteiger partial charge >= 0.3 is 11.9 Å². The topological polar surface area (TPSA) is 177 Å². The predicted octanol–water partition coefficient (Wildman–Crippen LogP) is -0.284. The minimum atomic E-state index is -1.47. The molecule has 2 aliphatic rings. The molecule has 0 bridgehead atoms. The van der Waals surface area contributed by atoms with Gasteiger partial charge in [0, 0.05) is 11.9 Å². The normalized spacial score (nSPS) is 18.0. The number of esters is 1. The van der Waals surface area contributed by atoms with E-state index in [9.17, 15) is 24.3 Å². The maximum Gasteiger partial charge on any atom is 0.354 e. The number of thiazole rings is 1. The van der Waals surface area contributed by atoms with E-state index in [0.717, 1.165) is 21.9 Å². The minimum absolute atomic E-state index is 0.0502. The molecule has 13 nitrogen and oxygen atoms in total. The predicted molar refractivity (Wildman–Crippen MR) is 121 cm³/mol. The summed E-state index contributed by atoms with van der Waals surface area (Å²) in [6.45, 7) is -0.295. The highest BCUT2D eigenvalue weighted by Crippen LogP contribution is 2.30. The molecular formula is C21H20N6O7S. The average molecular weight is 500 g/mol. The lowest BCUT2D eigenvalue weighted by molar-refractivity contribution is -0.144. The van der Waals surface area contributed by atoms with Crippen molar-refractivity contribution >= 4 is 45.9 Å². The van der Waals surface area contributed by atoms with Crippen LogP contribution < -0.4 is 11.1 Å². The number of hydrogen-bond donors (Lipinski definition) is 3. The molecule has 0 aliphatic carbocycles. The molecule has 35 heavy (non-hydrogen) atoms. The largest absolute Gasteiger partial charge is 0.477 e. The average Bonchev–Trinajstić information content (AvgIpc) is 3.51. The molecule has 1 atom stereocenters. The van der Waals surface area contributed by atoms with Crippen molar-refractivity contribution in [2.45, 2.75) is 12.6 Å². The summed E-state index contributed by atoms with van der Waals surface area (Å²) in [6, 6.07) is 7.79. The molecule has 1 fully saturated rings. The fourth-order valence-electron chi connectivity index (χ4n) is 3.65. The van der Waals surface area contributed by atoms with Crippen LogP contribution in [0.5, 0.6) is 0 Å². The van der Waals surface area contributed by atoms with Crippen molar-refractivity contribution in [3.05, 3.63) is 58.2 Å². The van der Waals surface area contributed by atoms with Crippen LogP contribution in [0.3, 0.4) is 0 Å². The number of amides is 2. The number of nitrogen functional groups attached to an aromatic ring is 1. The van der Waals surface area contributed by atoms with Crippen molar-refractivity contribution in [3.63, 3.8) is 0 Å². The number of nitrogens with zero attached hydrogens (tertiary/aromatic N) is 4. The molecule has 1 unspecified atom stereocenters. The second-order valence-corrected chi connectivity index (χ2v) is 8.30. The van der Waals surface area contributed by atoms with E-state index >= 15 is 0 Å². The van der Waals surface area contributed by atoms with Crippen molar-refractivity contribution in [2.75, 3.05) is 25.9 Å². The third-order valence-corrected chi connectivity index (χ3v) is 5.82. The lowest BCUT2D eigenvalue weighted by Gasteiger charge is -2.18. The molecule has 2 amide bonds. The van der Waals surface area contributed by atoms with Crippen LogP contribution in [-0.2, 0) is 35.4 Å². The quantitative estimate of drug-likeness (QED) is 0.248. The zero-order chi connectivity index (χ0) is 25.1. The second-order valence-electron chi connectivity index (χ2n) is 7.41. The first-order chi connectivity index (χ1) is 16.8. The lowest BCUT2D eigenvalue weighted by Crippen LogP contribution is -2.46. The Labute approximate surface area is 202 Å². The summed E-state index contributed by atoms with van der Waals surface area (Å²) in [7, 11) is 1.24. The third kappa shape index (κ3) is 4.83. The number of ether oxygens (including phenoxy) is 1. The van der Waals surface area contributed by atoms with Gasteiger partial charge in [0.05, 0.1) is 12.1 Å². The molecule has 182 valence electrons. The summed E-state index contributed by atoms with van der Waals surface area (Å²) < 4.78 is 5.25. The summed E-state index contributed by atoms with van der Waals surface area (Å²) in [5.41, 5.74) is 5.63. The summed E-state index contributed by atoms with van der Waals surface area (Å²) in [5.74, 6) is -3.80. The Morgan fingerprint density at radius 2 is 2.06 bits per heavy atom. The number of oxime groups is 1. The number of rotatable bonds is 8. The second kappa shape index (κ2) is 9.90. The fourth-order valence-corrected chi connectivity index (χ4v) is 4.19. The maximum atomic E-state index is 13.0. The highest BCUT2D eigenvalue weighted by atomic mass is 32.1. The van der Waals surface area contributed by atoms with Crippen molar-refractivity contribution in [2.24, 2.45) is 5.16 Å². The molecular weight excluding hydrogens is 480 g/mol. The van der Waals surface area contributed by atoms with Gasteiger partial charge in [0.25, 0.3) is 11.8 Å². The molecule has 1 saturated heterocycles. The van der Waals surface area contributed by atoms with E-state index in [1.807, 2.05) is 6.07 Å². The van der Waals surface area contributed by atoms with E-state index in [0.29, 0.717) is 0 Å². The summed E-state index contributed by atoms with van der Waals surface area (Å²) in [6.07, 6.45) is 0. The van der Waals surface area contributed by atoms with Gasteiger partial charge in [-0.1, -0.05) is 35.5 Å². The van der Waals surface area contributed by atoms with Crippen LogP contribution in [0, 0.1) is 0 Å². The van der Waals surface area contributed by atoms with Gasteiger partial charge in [-0.2, -0.15) is 0 Å². The van der Waals surface area contributed by atoms with Gasteiger partial charge in [0.1, 0.15) is 25.5 Å². The number of nitrogens with two attached hydrogens (primary N) is 1. The highest BCUT2D eigenvalue weighted by molar-refractivity contribution is 7.13. The maximum absolute atomic E-state index is 13.0. The Bertz CT molecular complexity index is 1240. The van der Waals surface area contributed by atoms with Gasteiger partial charge in [-0.25, -0.2) is 24.6 Å². The SMILES string of the molecule is CO/N=C(/C(=O)NC1CN2CC(C(=O)OCc3ccccc3)=C(C(=O)O)N2C1=O)c1csc(N)n1. The Morgan fingerprint density at radius 1 is 1.31 bits per heavy atom. The first-order valence-corrected chi connectivity index (χ1v) is 11.1. The Hall–Kier alpha value is -4.30. The molecule has 2 aliphatic heterocycles. The first-order valence-electron chi connectivity index (χ1n) is 10.2. The minimum Gasteiger partial charge on any atom is -0.477 e. The van der Waals surface area contributed by atoms with Crippen LogP contribution in [0.15, 0.2) is 52.1 Å². The monoisotopic (exact) mass is 500 g/mol. The van der Waals surface area contributed by atoms with Crippen molar-refractivity contribution in [3.8, 4) is 0 Å². The molecule has 0 spiro atoms. The van der Waals surface area contributed by atoms with Gasteiger partial charge in [-0.3, -0.25) is 9.59 Å². The molecule has 0 radical (unpaired) electrons. The van der Waals surface area contributed by atoms with Crippen molar-refractivity contribution in [1.29, 1.82) is 0 Å². The van der Waals surface area contributed by atoms with Crippen LogP contribution in [0.1, 0.15) is 11.3 Å². The molecule has 14 heteroatoms. The standard InChI is InChI=1S/C21H20N6O7S/c1-33-25-15(14-10-35-21(22)24-14)17(28)23-13-8-26-7-12(16(19(30)31)27(26)18(13)29)20(32)34-9-11-5-3-2-4-6-11/h2-6,10,13H,7-9H2,1H3,(H2,22,24)(H,23,28)(H,30,31)/b25-15+. The molecule has 0 saturated carbocycles. The van der Waals surface area contributed by atoms with Crippen LogP contribution in [0.2, 0.25) is 0 Å². The lowest BCUT2D eigenvalue weighted by atomic mass is 10.1. The Kier molecular flexibility index (Phi) is 6.75. The van der Waals surface area contributed by atoms with Gasteiger partial charge in [-0.15, -0.1) is 11.3 Å².